The summed E-state index contributed by atoms with van der Waals surface area (Å²) >= 11 is 1.16. The van der Waals surface area contributed by atoms with Crippen LogP contribution >= 0.6 is 11.3 Å². The van der Waals surface area contributed by atoms with Crippen molar-refractivity contribution in [3.63, 3.8) is 0 Å². The molecule has 1 fully saturated rings. The molecule has 0 radical (unpaired) electrons. The summed E-state index contributed by atoms with van der Waals surface area (Å²) in [6.45, 7) is 10.8. The lowest BCUT2D eigenvalue weighted by atomic mass is 10.0. The normalized spacial score (nSPS) is 18.1. The highest BCUT2D eigenvalue weighted by atomic mass is 32.2. The van der Waals surface area contributed by atoms with Gasteiger partial charge in [-0.3, -0.25) is 9.89 Å². The molecule has 28 heavy (non-hydrogen) atoms. The standard InChI is InChI=1S/C18H32N4O4S2/c1-4-19-17(21-14-18(2,3)22-7-9-26-10-8-22)20-12-15(23)13-28(24,25)16-6-5-11-27-16/h5-6,11,15,23H,4,7-10,12-14H2,1-3H3,(H2,19,20,21). The van der Waals surface area contributed by atoms with Crippen LogP contribution < -0.4 is 10.6 Å². The number of aliphatic hydroxyl groups excluding tert-OH is 1. The molecule has 0 saturated carbocycles. The van der Waals surface area contributed by atoms with Gasteiger partial charge in [-0.05, 0) is 32.2 Å². The third-order valence-corrected chi connectivity index (χ3v) is 7.84. The number of thiophene rings is 1. The van der Waals surface area contributed by atoms with Gasteiger partial charge in [0, 0.05) is 31.7 Å². The van der Waals surface area contributed by atoms with Gasteiger partial charge in [-0.25, -0.2) is 8.42 Å². The molecule has 2 rings (SSSR count). The fourth-order valence-corrected chi connectivity index (χ4v) is 5.41. The smallest absolute Gasteiger partial charge is 0.191 e. The van der Waals surface area contributed by atoms with Crippen molar-refractivity contribution < 1.29 is 18.3 Å². The Morgan fingerprint density at radius 2 is 2.11 bits per heavy atom. The number of aliphatic hydroxyl groups is 1. The van der Waals surface area contributed by atoms with E-state index in [1.807, 2.05) is 6.92 Å². The number of hydrogen-bond acceptors (Lipinski definition) is 7. The van der Waals surface area contributed by atoms with Crippen LogP contribution in [0.4, 0.5) is 0 Å². The van der Waals surface area contributed by atoms with Crippen LogP contribution in [0.1, 0.15) is 20.8 Å². The molecule has 8 nitrogen and oxygen atoms in total. The van der Waals surface area contributed by atoms with E-state index in [-0.39, 0.29) is 22.0 Å². The number of nitrogens with zero attached hydrogens (tertiary/aromatic N) is 2. The van der Waals surface area contributed by atoms with E-state index in [4.69, 9.17) is 4.74 Å². The summed E-state index contributed by atoms with van der Waals surface area (Å²) in [6.07, 6.45) is -1.02. The maximum Gasteiger partial charge on any atom is 0.191 e. The molecule has 2 heterocycles. The van der Waals surface area contributed by atoms with Gasteiger partial charge in [0.1, 0.15) is 4.21 Å². The van der Waals surface area contributed by atoms with Gasteiger partial charge >= 0.3 is 0 Å². The Labute approximate surface area is 171 Å². The summed E-state index contributed by atoms with van der Waals surface area (Å²) in [5.41, 5.74) is -0.118. The van der Waals surface area contributed by atoms with Gasteiger partial charge in [0.05, 0.1) is 31.6 Å². The molecular weight excluding hydrogens is 400 g/mol. The van der Waals surface area contributed by atoms with Crippen molar-refractivity contribution in [1.29, 1.82) is 0 Å². The Morgan fingerprint density at radius 3 is 2.71 bits per heavy atom. The van der Waals surface area contributed by atoms with Gasteiger partial charge in [0.25, 0.3) is 0 Å². The van der Waals surface area contributed by atoms with Crippen LogP contribution in [0, 0.1) is 0 Å². The summed E-state index contributed by atoms with van der Waals surface area (Å²) < 4.78 is 30.2. The third kappa shape index (κ3) is 7.00. The molecule has 0 bridgehead atoms. The second-order valence-electron chi connectivity index (χ2n) is 7.36. The minimum atomic E-state index is -3.48. The highest BCUT2D eigenvalue weighted by Crippen LogP contribution is 2.18. The first kappa shape index (κ1) is 23.1. The number of guanidine groups is 1. The molecule has 10 heteroatoms. The average Bonchev–Trinajstić information content (AvgIpc) is 3.20. The quantitative estimate of drug-likeness (QED) is 0.387. The van der Waals surface area contributed by atoms with Crippen molar-refractivity contribution >= 4 is 27.1 Å². The van der Waals surface area contributed by atoms with Gasteiger partial charge in [0.15, 0.2) is 15.8 Å². The van der Waals surface area contributed by atoms with Gasteiger partial charge < -0.3 is 20.5 Å². The lowest BCUT2D eigenvalue weighted by Gasteiger charge is -2.39. The number of sulfone groups is 1. The zero-order valence-corrected chi connectivity index (χ0v) is 18.5. The predicted octanol–water partition coefficient (Wildman–Crippen LogP) is 0.549. The second-order valence-corrected chi connectivity index (χ2v) is 10.6. The summed E-state index contributed by atoms with van der Waals surface area (Å²) in [4.78, 5) is 6.99. The molecule has 1 atom stereocenters. The number of rotatable bonds is 9. The Hall–Kier alpha value is -1.20. The predicted molar refractivity (Wildman–Crippen MR) is 113 cm³/mol. The van der Waals surface area contributed by atoms with Crippen molar-refractivity contribution in [1.82, 2.24) is 15.5 Å². The van der Waals surface area contributed by atoms with Crippen molar-refractivity contribution in [2.75, 3.05) is 51.7 Å². The minimum Gasteiger partial charge on any atom is -0.390 e. The fraction of sp³-hybridized carbons (Fsp3) is 0.722. The SMILES string of the molecule is CCNC(=NCC(C)(C)N1CCOCC1)NCC(O)CS(=O)(=O)c1cccs1. The Balaban J connectivity index is 1.89. The molecule has 3 N–H and O–H groups in total. The molecule has 1 unspecified atom stereocenters. The molecule has 160 valence electrons. The summed E-state index contributed by atoms with van der Waals surface area (Å²) in [5, 5.41) is 18.1. The van der Waals surface area contributed by atoms with Crippen LogP contribution in [0.2, 0.25) is 0 Å². The topological polar surface area (TPSA) is 103 Å². The van der Waals surface area contributed by atoms with Crippen molar-refractivity contribution in [2.24, 2.45) is 4.99 Å². The molecule has 1 aromatic heterocycles. The van der Waals surface area contributed by atoms with Crippen LogP contribution in [0.15, 0.2) is 26.7 Å². The number of morpholine rings is 1. The third-order valence-electron chi connectivity index (χ3n) is 4.55. The Kier molecular flexibility index (Phi) is 8.69. The van der Waals surface area contributed by atoms with Crippen LogP contribution in [-0.4, -0.2) is 87.7 Å². The first-order valence-corrected chi connectivity index (χ1v) is 12.1. The van der Waals surface area contributed by atoms with Crippen LogP contribution in [0.25, 0.3) is 0 Å². The zero-order valence-electron chi connectivity index (χ0n) is 16.8. The molecular formula is C18H32N4O4S2. The number of aliphatic imine (C=N–C) groups is 1. The summed E-state index contributed by atoms with van der Waals surface area (Å²) in [7, 11) is -3.48. The molecule has 1 aromatic rings. The van der Waals surface area contributed by atoms with Crippen molar-refractivity contribution in [2.45, 2.75) is 36.6 Å². The minimum absolute atomic E-state index is 0.106. The highest BCUT2D eigenvalue weighted by molar-refractivity contribution is 7.93. The van der Waals surface area contributed by atoms with E-state index in [0.29, 0.717) is 19.0 Å². The number of hydrogen-bond donors (Lipinski definition) is 3. The summed E-state index contributed by atoms with van der Waals surface area (Å²) in [5.74, 6) is 0.246. The van der Waals surface area contributed by atoms with Crippen LogP contribution in [0.3, 0.4) is 0 Å². The van der Waals surface area contributed by atoms with Gasteiger partial charge in [-0.1, -0.05) is 6.07 Å². The van der Waals surface area contributed by atoms with E-state index >= 15 is 0 Å². The molecule has 0 aliphatic carbocycles. The monoisotopic (exact) mass is 432 g/mol. The van der Waals surface area contributed by atoms with E-state index in [9.17, 15) is 13.5 Å². The highest BCUT2D eigenvalue weighted by Gasteiger charge is 2.28. The second kappa shape index (κ2) is 10.5. The van der Waals surface area contributed by atoms with Gasteiger partial charge in [0.2, 0.25) is 0 Å². The lowest BCUT2D eigenvalue weighted by molar-refractivity contribution is -0.00684. The first-order chi connectivity index (χ1) is 13.2. The average molecular weight is 433 g/mol. The Morgan fingerprint density at radius 1 is 1.39 bits per heavy atom. The number of nitrogens with one attached hydrogen (secondary N) is 2. The molecule has 0 aromatic carbocycles. The van der Waals surface area contributed by atoms with Gasteiger partial charge in [-0.2, -0.15) is 0 Å². The van der Waals surface area contributed by atoms with E-state index in [1.165, 1.54) is 0 Å². The van der Waals surface area contributed by atoms with E-state index in [1.54, 1.807) is 17.5 Å². The maximum absolute atomic E-state index is 12.3. The molecule has 1 aliphatic rings. The van der Waals surface area contributed by atoms with Gasteiger partial charge in [-0.15, -0.1) is 11.3 Å². The molecule has 1 saturated heterocycles. The fourth-order valence-electron chi connectivity index (χ4n) is 2.93. The van der Waals surface area contributed by atoms with Crippen molar-refractivity contribution in [3.05, 3.63) is 17.5 Å². The molecule has 0 amide bonds. The summed E-state index contributed by atoms with van der Waals surface area (Å²) in [6, 6.07) is 3.24. The van der Waals surface area contributed by atoms with E-state index in [0.717, 1.165) is 37.6 Å². The zero-order chi connectivity index (χ0) is 20.6. The maximum atomic E-state index is 12.3. The largest absolute Gasteiger partial charge is 0.390 e. The number of ether oxygens (including phenoxy) is 1. The van der Waals surface area contributed by atoms with Crippen LogP contribution in [0.5, 0.6) is 0 Å². The first-order valence-electron chi connectivity index (χ1n) is 9.54. The van der Waals surface area contributed by atoms with Crippen molar-refractivity contribution in [3.8, 4) is 0 Å². The van der Waals surface area contributed by atoms with E-state index in [2.05, 4.69) is 34.4 Å². The molecule has 0 spiro atoms. The molecule has 1 aliphatic heterocycles. The Bertz CT molecular complexity index is 714. The van der Waals surface area contributed by atoms with E-state index < -0.39 is 15.9 Å². The lowest BCUT2D eigenvalue weighted by Crippen LogP contribution is -2.52. The van der Waals surface area contributed by atoms with Crippen LogP contribution in [-0.2, 0) is 14.6 Å².